The van der Waals surface area contributed by atoms with Crippen molar-refractivity contribution in [1.29, 1.82) is 0 Å². The average molecular weight is 416 g/mol. The zero-order valence-electron chi connectivity index (χ0n) is 16.6. The van der Waals surface area contributed by atoms with Gasteiger partial charge in [-0.2, -0.15) is 4.31 Å². The SMILES string of the molecule is Cc1cccc(C(=O)N2CCCC2)c1NC(=O)CN(C)S(=O)(=O)c1ccccc1. The van der Waals surface area contributed by atoms with Crippen LogP contribution in [-0.2, 0) is 14.8 Å². The fourth-order valence-corrected chi connectivity index (χ4v) is 4.49. The summed E-state index contributed by atoms with van der Waals surface area (Å²) in [5.74, 6) is -0.622. The van der Waals surface area contributed by atoms with Gasteiger partial charge < -0.3 is 10.2 Å². The molecule has 29 heavy (non-hydrogen) atoms. The van der Waals surface area contributed by atoms with Gasteiger partial charge in [0.25, 0.3) is 5.91 Å². The lowest BCUT2D eigenvalue weighted by molar-refractivity contribution is -0.116. The van der Waals surface area contributed by atoms with Gasteiger partial charge in [-0.1, -0.05) is 30.3 Å². The monoisotopic (exact) mass is 415 g/mol. The lowest BCUT2D eigenvalue weighted by atomic mass is 10.1. The van der Waals surface area contributed by atoms with Crippen molar-refractivity contribution in [3.63, 3.8) is 0 Å². The van der Waals surface area contributed by atoms with E-state index in [2.05, 4.69) is 5.32 Å². The van der Waals surface area contributed by atoms with Gasteiger partial charge in [-0.25, -0.2) is 8.42 Å². The average Bonchev–Trinajstić information content (AvgIpc) is 3.24. The van der Waals surface area contributed by atoms with E-state index >= 15 is 0 Å². The van der Waals surface area contributed by atoms with Crippen LogP contribution in [0.3, 0.4) is 0 Å². The molecule has 0 saturated carbocycles. The van der Waals surface area contributed by atoms with E-state index in [4.69, 9.17) is 0 Å². The van der Waals surface area contributed by atoms with Gasteiger partial charge in [0.05, 0.1) is 22.7 Å². The number of amides is 2. The minimum absolute atomic E-state index is 0.119. The summed E-state index contributed by atoms with van der Waals surface area (Å²) in [6, 6.07) is 13.2. The lowest BCUT2D eigenvalue weighted by Crippen LogP contribution is -2.35. The second-order valence-electron chi connectivity index (χ2n) is 7.12. The Morgan fingerprint density at radius 3 is 2.34 bits per heavy atom. The number of carbonyl (C=O) groups is 2. The van der Waals surface area contributed by atoms with Gasteiger partial charge in [0.2, 0.25) is 15.9 Å². The highest BCUT2D eigenvalue weighted by Gasteiger charge is 2.26. The third-order valence-electron chi connectivity index (χ3n) is 4.98. The first-order chi connectivity index (χ1) is 13.8. The molecule has 0 aromatic heterocycles. The Balaban J connectivity index is 1.76. The summed E-state index contributed by atoms with van der Waals surface area (Å²) in [5, 5.41) is 2.75. The second kappa shape index (κ2) is 8.75. The summed E-state index contributed by atoms with van der Waals surface area (Å²) < 4.78 is 26.2. The molecule has 7 nitrogen and oxygen atoms in total. The van der Waals surface area contributed by atoms with E-state index < -0.39 is 15.9 Å². The lowest BCUT2D eigenvalue weighted by Gasteiger charge is -2.21. The van der Waals surface area contributed by atoms with Crippen LogP contribution in [-0.4, -0.2) is 56.1 Å². The van der Waals surface area contributed by atoms with Gasteiger partial charge in [-0.15, -0.1) is 0 Å². The Hall–Kier alpha value is -2.71. The highest BCUT2D eigenvalue weighted by molar-refractivity contribution is 7.89. The number of likely N-dealkylation sites (tertiary alicyclic amines) is 1. The maximum atomic E-state index is 12.8. The molecule has 2 amide bonds. The van der Waals surface area contributed by atoms with E-state index in [9.17, 15) is 18.0 Å². The summed E-state index contributed by atoms with van der Waals surface area (Å²) in [5.41, 5.74) is 1.60. The Morgan fingerprint density at radius 2 is 1.69 bits per heavy atom. The zero-order chi connectivity index (χ0) is 21.0. The Morgan fingerprint density at radius 1 is 1.03 bits per heavy atom. The summed E-state index contributed by atoms with van der Waals surface area (Å²) in [7, 11) is -2.42. The van der Waals surface area contributed by atoms with Gasteiger partial charge in [-0.05, 0) is 43.5 Å². The van der Waals surface area contributed by atoms with E-state index in [-0.39, 0.29) is 17.3 Å². The number of rotatable bonds is 6. The van der Waals surface area contributed by atoms with Gasteiger partial charge in [0.1, 0.15) is 0 Å². The van der Waals surface area contributed by atoms with Gasteiger partial charge in [0, 0.05) is 20.1 Å². The molecule has 0 bridgehead atoms. The van der Waals surface area contributed by atoms with Crippen molar-refractivity contribution in [2.24, 2.45) is 0 Å². The first-order valence-electron chi connectivity index (χ1n) is 9.51. The van der Waals surface area contributed by atoms with Crippen molar-refractivity contribution in [2.45, 2.75) is 24.7 Å². The van der Waals surface area contributed by atoms with Crippen LogP contribution in [0.1, 0.15) is 28.8 Å². The summed E-state index contributed by atoms with van der Waals surface area (Å²) in [4.78, 5) is 27.3. The maximum absolute atomic E-state index is 12.8. The number of nitrogens with zero attached hydrogens (tertiary/aromatic N) is 2. The van der Waals surface area contributed by atoms with Crippen LogP contribution in [0.15, 0.2) is 53.4 Å². The molecule has 1 fully saturated rings. The molecule has 0 aliphatic carbocycles. The van der Waals surface area contributed by atoms with Crippen molar-refractivity contribution >= 4 is 27.5 Å². The van der Waals surface area contributed by atoms with E-state index in [1.165, 1.54) is 19.2 Å². The van der Waals surface area contributed by atoms with Crippen LogP contribution in [0.4, 0.5) is 5.69 Å². The Labute approximate surface area is 171 Å². The first-order valence-corrected chi connectivity index (χ1v) is 10.9. The van der Waals surface area contributed by atoms with E-state index in [0.717, 1.165) is 22.7 Å². The van der Waals surface area contributed by atoms with Crippen LogP contribution in [0.5, 0.6) is 0 Å². The number of hydrogen-bond acceptors (Lipinski definition) is 4. The normalized spacial score (nSPS) is 14.2. The van der Waals surface area contributed by atoms with E-state index in [1.807, 2.05) is 0 Å². The first kappa shape index (κ1) is 21.0. The molecule has 0 atom stereocenters. The smallest absolute Gasteiger partial charge is 0.255 e. The van der Waals surface area contributed by atoms with E-state index in [1.54, 1.807) is 48.2 Å². The van der Waals surface area contributed by atoms with Gasteiger partial charge in [0.15, 0.2) is 0 Å². The largest absolute Gasteiger partial charge is 0.339 e. The van der Waals surface area contributed by atoms with Gasteiger partial charge >= 0.3 is 0 Å². The molecule has 1 saturated heterocycles. The molecule has 1 aliphatic rings. The zero-order valence-corrected chi connectivity index (χ0v) is 17.4. The molecule has 8 heteroatoms. The molecule has 1 heterocycles. The van der Waals surface area contributed by atoms with Crippen LogP contribution >= 0.6 is 0 Å². The number of aryl methyl sites for hydroxylation is 1. The maximum Gasteiger partial charge on any atom is 0.255 e. The predicted molar refractivity (Wildman–Crippen MR) is 111 cm³/mol. The van der Waals surface area contributed by atoms with Crippen LogP contribution in [0, 0.1) is 6.92 Å². The molecular formula is C21H25N3O4S. The number of nitrogens with one attached hydrogen (secondary N) is 1. The number of sulfonamides is 1. The predicted octanol–water partition coefficient (Wildman–Crippen LogP) is 2.49. The second-order valence-corrected chi connectivity index (χ2v) is 9.16. The minimum atomic E-state index is -3.78. The minimum Gasteiger partial charge on any atom is -0.339 e. The van der Waals surface area contributed by atoms with Crippen molar-refractivity contribution in [1.82, 2.24) is 9.21 Å². The summed E-state index contributed by atoms with van der Waals surface area (Å²) in [6.07, 6.45) is 1.95. The highest BCUT2D eigenvalue weighted by Crippen LogP contribution is 2.24. The Bertz CT molecular complexity index is 1000. The molecule has 0 spiro atoms. The van der Waals surface area contributed by atoms with E-state index in [0.29, 0.717) is 24.3 Å². The topological polar surface area (TPSA) is 86.8 Å². The number of para-hydroxylation sites is 1. The Kier molecular flexibility index (Phi) is 6.34. The molecular weight excluding hydrogens is 390 g/mol. The number of anilines is 1. The number of likely N-dealkylation sites (N-methyl/N-ethyl adjacent to an activating group) is 1. The third-order valence-corrected chi connectivity index (χ3v) is 6.80. The van der Waals surface area contributed by atoms with Crippen LogP contribution in [0.2, 0.25) is 0 Å². The molecule has 2 aromatic rings. The van der Waals surface area contributed by atoms with Crippen LogP contribution < -0.4 is 5.32 Å². The summed E-state index contributed by atoms with van der Waals surface area (Å²) in [6.45, 7) is 2.86. The highest BCUT2D eigenvalue weighted by atomic mass is 32.2. The molecule has 2 aromatic carbocycles. The number of carbonyl (C=O) groups excluding carboxylic acids is 2. The quantitative estimate of drug-likeness (QED) is 0.785. The van der Waals surface area contributed by atoms with Gasteiger partial charge in [-0.3, -0.25) is 9.59 Å². The van der Waals surface area contributed by atoms with Crippen molar-refractivity contribution in [2.75, 3.05) is 32.0 Å². The number of hydrogen-bond donors (Lipinski definition) is 1. The molecule has 0 radical (unpaired) electrons. The van der Waals surface area contributed by atoms with Crippen molar-refractivity contribution in [3.05, 3.63) is 59.7 Å². The molecule has 3 rings (SSSR count). The number of benzene rings is 2. The third kappa shape index (κ3) is 4.65. The molecule has 154 valence electrons. The molecule has 1 N–H and O–H groups in total. The molecule has 1 aliphatic heterocycles. The molecule has 0 unspecified atom stereocenters. The standard InChI is InChI=1S/C21H25N3O4S/c1-16-9-8-12-18(21(26)24-13-6-7-14-24)20(16)22-19(25)15-23(2)29(27,28)17-10-4-3-5-11-17/h3-5,8-12H,6-7,13-15H2,1-2H3,(H,22,25). The van der Waals surface area contributed by atoms with Crippen molar-refractivity contribution in [3.8, 4) is 0 Å². The fraction of sp³-hybridized carbons (Fsp3) is 0.333. The fourth-order valence-electron chi connectivity index (χ4n) is 3.34. The summed E-state index contributed by atoms with van der Waals surface area (Å²) >= 11 is 0. The van der Waals surface area contributed by atoms with Crippen LogP contribution in [0.25, 0.3) is 0 Å². The van der Waals surface area contributed by atoms with Crippen molar-refractivity contribution < 1.29 is 18.0 Å².